The van der Waals surface area contributed by atoms with E-state index in [4.69, 9.17) is 5.26 Å². The number of para-hydroxylation sites is 1. The van der Waals surface area contributed by atoms with Gasteiger partial charge in [-0.15, -0.1) is 11.8 Å². The minimum absolute atomic E-state index is 0.0326. The molecule has 2 aromatic carbocycles. The second-order valence-electron chi connectivity index (χ2n) is 6.84. The molecular formula is C21H23N3O3S2. The molecule has 6 nitrogen and oxygen atoms in total. The SMILES string of the molecule is N#CCCSc1ccccc1NC(=O)c1cccc(S(=O)(=O)NC2CCCC2)c1. The van der Waals surface area contributed by atoms with E-state index in [1.54, 1.807) is 18.2 Å². The van der Waals surface area contributed by atoms with Crippen molar-refractivity contribution in [2.24, 2.45) is 0 Å². The van der Waals surface area contributed by atoms with Crippen molar-refractivity contribution in [3.63, 3.8) is 0 Å². The van der Waals surface area contributed by atoms with Crippen LogP contribution in [0.1, 0.15) is 42.5 Å². The van der Waals surface area contributed by atoms with Crippen LogP contribution >= 0.6 is 11.8 Å². The molecule has 3 rings (SSSR count). The highest BCUT2D eigenvalue weighted by Gasteiger charge is 2.23. The largest absolute Gasteiger partial charge is 0.321 e. The van der Waals surface area contributed by atoms with Gasteiger partial charge in [-0.25, -0.2) is 13.1 Å². The van der Waals surface area contributed by atoms with Crippen LogP contribution in [-0.4, -0.2) is 26.1 Å². The summed E-state index contributed by atoms with van der Waals surface area (Å²) in [5.41, 5.74) is 0.911. The number of carbonyl (C=O) groups is 1. The molecule has 1 saturated carbocycles. The lowest BCUT2D eigenvalue weighted by Gasteiger charge is -2.14. The molecule has 1 aliphatic rings. The van der Waals surface area contributed by atoms with Crippen LogP contribution in [0.25, 0.3) is 0 Å². The number of nitrogens with zero attached hydrogens (tertiary/aromatic N) is 1. The van der Waals surface area contributed by atoms with Crippen LogP contribution in [0.15, 0.2) is 58.3 Å². The summed E-state index contributed by atoms with van der Waals surface area (Å²) in [6.07, 6.45) is 4.17. The first-order valence-electron chi connectivity index (χ1n) is 9.52. The zero-order valence-corrected chi connectivity index (χ0v) is 17.6. The summed E-state index contributed by atoms with van der Waals surface area (Å²) in [4.78, 5) is 13.7. The molecule has 152 valence electrons. The molecule has 0 aliphatic heterocycles. The number of hydrogen-bond acceptors (Lipinski definition) is 5. The summed E-state index contributed by atoms with van der Waals surface area (Å²) in [5.74, 6) is 0.250. The van der Waals surface area contributed by atoms with Crippen LogP contribution in [0.3, 0.4) is 0 Å². The Hall–Kier alpha value is -2.34. The van der Waals surface area contributed by atoms with Crippen molar-refractivity contribution in [2.75, 3.05) is 11.1 Å². The summed E-state index contributed by atoms with van der Waals surface area (Å²) in [5, 5.41) is 11.5. The van der Waals surface area contributed by atoms with Crippen molar-refractivity contribution in [2.45, 2.75) is 47.9 Å². The number of nitriles is 1. The standard InChI is InChI=1S/C21H23N3O3S2/c22-13-6-14-28-20-12-4-3-11-19(20)23-21(25)16-7-5-10-18(15-16)29(26,27)24-17-8-1-2-9-17/h3-5,7,10-12,15,17,24H,1-2,6,8-9,14H2,(H,23,25). The number of anilines is 1. The van der Waals surface area contributed by atoms with Gasteiger partial charge in [0.2, 0.25) is 10.0 Å². The van der Waals surface area contributed by atoms with Crippen LogP contribution in [0.5, 0.6) is 0 Å². The number of thioether (sulfide) groups is 1. The summed E-state index contributed by atoms with van der Waals surface area (Å²) in [7, 11) is -3.66. The average Bonchev–Trinajstić information content (AvgIpc) is 3.22. The van der Waals surface area contributed by atoms with Crippen molar-refractivity contribution in [3.05, 3.63) is 54.1 Å². The van der Waals surface area contributed by atoms with E-state index < -0.39 is 10.0 Å². The van der Waals surface area contributed by atoms with Gasteiger partial charge in [0.05, 0.1) is 16.7 Å². The van der Waals surface area contributed by atoms with Crippen molar-refractivity contribution >= 4 is 33.4 Å². The van der Waals surface area contributed by atoms with Gasteiger partial charge >= 0.3 is 0 Å². The van der Waals surface area contributed by atoms with Crippen molar-refractivity contribution in [3.8, 4) is 6.07 Å². The van der Waals surface area contributed by atoms with Crippen molar-refractivity contribution < 1.29 is 13.2 Å². The van der Waals surface area contributed by atoms with Gasteiger partial charge in [0, 0.05) is 28.7 Å². The lowest BCUT2D eigenvalue weighted by molar-refractivity contribution is 0.102. The average molecular weight is 430 g/mol. The van der Waals surface area contributed by atoms with Gasteiger partial charge in [0.1, 0.15) is 0 Å². The highest BCUT2D eigenvalue weighted by molar-refractivity contribution is 7.99. The molecule has 1 aliphatic carbocycles. The van der Waals surface area contributed by atoms with E-state index in [9.17, 15) is 13.2 Å². The Morgan fingerprint density at radius 2 is 1.90 bits per heavy atom. The Morgan fingerprint density at radius 3 is 2.66 bits per heavy atom. The summed E-state index contributed by atoms with van der Waals surface area (Å²) in [6.45, 7) is 0. The smallest absolute Gasteiger partial charge is 0.255 e. The normalized spacial score (nSPS) is 14.4. The third-order valence-corrected chi connectivity index (χ3v) is 7.28. The highest BCUT2D eigenvalue weighted by Crippen LogP contribution is 2.28. The molecule has 0 heterocycles. The molecule has 0 unspecified atom stereocenters. The zero-order valence-electron chi connectivity index (χ0n) is 15.9. The van der Waals surface area contributed by atoms with Crippen molar-refractivity contribution in [1.82, 2.24) is 4.72 Å². The van der Waals surface area contributed by atoms with Gasteiger partial charge in [-0.05, 0) is 43.2 Å². The number of carbonyl (C=O) groups excluding carboxylic acids is 1. The molecule has 2 aromatic rings. The first-order chi connectivity index (χ1) is 14.0. The first kappa shape index (κ1) is 21.4. The van der Waals surface area contributed by atoms with Gasteiger partial charge in [-0.2, -0.15) is 5.26 Å². The van der Waals surface area contributed by atoms with Crippen LogP contribution < -0.4 is 10.0 Å². The van der Waals surface area contributed by atoms with Crippen molar-refractivity contribution in [1.29, 1.82) is 5.26 Å². The maximum Gasteiger partial charge on any atom is 0.255 e. The van der Waals surface area contributed by atoms with E-state index in [1.807, 2.05) is 18.2 Å². The van der Waals surface area contributed by atoms with E-state index in [1.165, 1.54) is 23.9 Å². The molecule has 0 aromatic heterocycles. The predicted molar refractivity (Wildman–Crippen MR) is 114 cm³/mol. The van der Waals surface area contributed by atoms with E-state index >= 15 is 0 Å². The fraction of sp³-hybridized carbons (Fsp3) is 0.333. The molecule has 29 heavy (non-hydrogen) atoms. The second kappa shape index (κ2) is 9.92. The molecule has 0 atom stereocenters. The first-order valence-corrected chi connectivity index (χ1v) is 12.0. The molecule has 0 saturated heterocycles. The zero-order chi connectivity index (χ0) is 20.7. The van der Waals surface area contributed by atoms with Crippen LogP contribution in [0, 0.1) is 11.3 Å². The summed E-state index contributed by atoms with van der Waals surface area (Å²) in [6, 6.07) is 15.5. The molecular weight excluding hydrogens is 406 g/mol. The lowest BCUT2D eigenvalue weighted by Crippen LogP contribution is -2.32. The number of sulfonamides is 1. The Kier molecular flexibility index (Phi) is 7.31. The second-order valence-corrected chi connectivity index (χ2v) is 9.69. The number of nitrogens with one attached hydrogen (secondary N) is 2. The van der Waals surface area contributed by atoms with Gasteiger partial charge in [-0.1, -0.05) is 31.0 Å². The summed E-state index contributed by atoms with van der Waals surface area (Å²) >= 11 is 1.49. The molecule has 1 amide bonds. The minimum Gasteiger partial charge on any atom is -0.321 e. The number of benzene rings is 2. The van der Waals surface area contributed by atoms with Crippen LogP contribution in [0.2, 0.25) is 0 Å². The molecule has 8 heteroatoms. The maximum atomic E-state index is 12.7. The molecule has 1 fully saturated rings. The molecule has 0 spiro atoms. The van der Waals surface area contributed by atoms with Gasteiger partial charge in [0.15, 0.2) is 0 Å². The van der Waals surface area contributed by atoms with Crippen LogP contribution in [-0.2, 0) is 10.0 Å². The Morgan fingerprint density at radius 1 is 1.14 bits per heavy atom. The highest BCUT2D eigenvalue weighted by atomic mass is 32.2. The molecule has 0 bridgehead atoms. The number of amides is 1. The molecule has 2 N–H and O–H groups in total. The topological polar surface area (TPSA) is 99.1 Å². The Labute approximate surface area is 175 Å². The number of rotatable bonds is 8. The fourth-order valence-electron chi connectivity index (χ4n) is 3.23. The molecule has 0 radical (unpaired) electrons. The van der Waals surface area contributed by atoms with E-state index in [0.29, 0.717) is 17.9 Å². The van der Waals surface area contributed by atoms with Gasteiger partial charge < -0.3 is 5.32 Å². The predicted octanol–water partition coefficient (Wildman–Crippen LogP) is 4.17. The van der Waals surface area contributed by atoms with Gasteiger partial charge in [0.25, 0.3) is 5.91 Å². The van der Waals surface area contributed by atoms with E-state index in [0.717, 1.165) is 30.6 Å². The van der Waals surface area contributed by atoms with Gasteiger partial charge in [-0.3, -0.25) is 4.79 Å². The monoisotopic (exact) mass is 429 g/mol. The Balaban J connectivity index is 1.74. The minimum atomic E-state index is -3.66. The van der Waals surface area contributed by atoms with E-state index in [-0.39, 0.29) is 22.4 Å². The van der Waals surface area contributed by atoms with Crippen LogP contribution in [0.4, 0.5) is 5.69 Å². The third-order valence-electron chi connectivity index (χ3n) is 4.69. The van der Waals surface area contributed by atoms with E-state index in [2.05, 4.69) is 16.1 Å². The third kappa shape index (κ3) is 5.82. The maximum absolute atomic E-state index is 12.7. The summed E-state index contributed by atoms with van der Waals surface area (Å²) < 4.78 is 28.0. The Bertz CT molecular complexity index is 1010. The fourth-order valence-corrected chi connectivity index (χ4v) is 5.45. The number of hydrogen-bond donors (Lipinski definition) is 2. The lowest BCUT2D eigenvalue weighted by atomic mass is 10.2. The quantitative estimate of drug-likeness (QED) is 0.485.